The highest BCUT2D eigenvalue weighted by Crippen LogP contribution is 2.32. The zero-order valence-electron chi connectivity index (χ0n) is 13.5. The van der Waals surface area contributed by atoms with E-state index in [1.807, 2.05) is 12.1 Å². The monoisotopic (exact) mass is 313 g/mol. The number of thiophene rings is 1. The number of hydrogen-bond donors (Lipinski definition) is 1. The van der Waals surface area contributed by atoms with Crippen LogP contribution in [0.2, 0.25) is 0 Å². The first-order valence-corrected chi connectivity index (χ1v) is 8.87. The second-order valence-corrected chi connectivity index (χ2v) is 7.77. The SMILES string of the molecule is CC(C)c1ccc(NC(=O)c2cc3c(s2)CC[C@@H](C)C3)cc1. The Kier molecular flexibility index (Phi) is 4.34. The predicted octanol–water partition coefficient (Wildman–Crippen LogP) is 5.25. The molecule has 3 rings (SSSR count). The molecule has 0 unspecified atom stereocenters. The molecule has 0 radical (unpaired) electrons. The van der Waals surface area contributed by atoms with Crippen molar-refractivity contribution in [2.24, 2.45) is 5.92 Å². The van der Waals surface area contributed by atoms with Crippen molar-refractivity contribution in [1.29, 1.82) is 0 Å². The third kappa shape index (κ3) is 3.25. The van der Waals surface area contributed by atoms with Crippen molar-refractivity contribution in [2.45, 2.75) is 46.0 Å². The Hall–Kier alpha value is -1.61. The van der Waals surface area contributed by atoms with E-state index in [2.05, 4.69) is 44.3 Å². The smallest absolute Gasteiger partial charge is 0.265 e. The molecule has 1 heterocycles. The van der Waals surface area contributed by atoms with E-state index in [4.69, 9.17) is 0 Å². The molecule has 0 spiro atoms. The molecule has 0 fully saturated rings. The van der Waals surface area contributed by atoms with Crippen LogP contribution in [0.1, 0.15) is 58.8 Å². The van der Waals surface area contributed by atoms with Crippen molar-refractivity contribution in [1.82, 2.24) is 0 Å². The van der Waals surface area contributed by atoms with Gasteiger partial charge in [0.2, 0.25) is 0 Å². The number of aryl methyl sites for hydroxylation is 1. The van der Waals surface area contributed by atoms with Crippen molar-refractivity contribution in [3.63, 3.8) is 0 Å². The van der Waals surface area contributed by atoms with Crippen LogP contribution in [0.25, 0.3) is 0 Å². The van der Waals surface area contributed by atoms with Crippen molar-refractivity contribution in [3.8, 4) is 0 Å². The third-order valence-corrected chi connectivity index (χ3v) is 5.62. The first kappa shape index (κ1) is 15.3. The summed E-state index contributed by atoms with van der Waals surface area (Å²) in [6.45, 7) is 6.63. The second-order valence-electron chi connectivity index (χ2n) is 6.64. The van der Waals surface area contributed by atoms with Gasteiger partial charge in [0.15, 0.2) is 0 Å². The molecule has 2 nitrogen and oxygen atoms in total. The zero-order valence-corrected chi connectivity index (χ0v) is 14.3. The van der Waals surface area contributed by atoms with Gasteiger partial charge in [0.25, 0.3) is 5.91 Å². The van der Waals surface area contributed by atoms with E-state index >= 15 is 0 Å². The number of benzene rings is 1. The third-order valence-electron chi connectivity index (χ3n) is 4.39. The number of carbonyl (C=O) groups is 1. The van der Waals surface area contributed by atoms with Crippen molar-refractivity contribution >= 4 is 22.9 Å². The summed E-state index contributed by atoms with van der Waals surface area (Å²) in [4.78, 5) is 14.7. The molecule has 1 amide bonds. The fourth-order valence-electron chi connectivity index (χ4n) is 2.96. The van der Waals surface area contributed by atoms with Gasteiger partial charge in [0.1, 0.15) is 0 Å². The van der Waals surface area contributed by atoms with E-state index < -0.39 is 0 Å². The molecule has 0 bridgehead atoms. The summed E-state index contributed by atoms with van der Waals surface area (Å²) in [5.41, 5.74) is 3.54. The van der Waals surface area contributed by atoms with E-state index in [-0.39, 0.29) is 5.91 Å². The van der Waals surface area contributed by atoms with Gasteiger partial charge in [-0.2, -0.15) is 0 Å². The van der Waals surface area contributed by atoms with E-state index in [1.165, 1.54) is 22.4 Å². The van der Waals surface area contributed by atoms with Gasteiger partial charge in [-0.25, -0.2) is 0 Å². The lowest BCUT2D eigenvalue weighted by Gasteiger charge is -2.16. The number of anilines is 1. The molecule has 1 aromatic heterocycles. The van der Waals surface area contributed by atoms with E-state index in [0.717, 1.165) is 29.3 Å². The molecule has 2 aromatic rings. The number of amides is 1. The molecule has 1 N–H and O–H groups in total. The Morgan fingerprint density at radius 2 is 2.00 bits per heavy atom. The van der Waals surface area contributed by atoms with Gasteiger partial charge in [-0.15, -0.1) is 11.3 Å². The minimum absolute atomic E-state index is 0.0179. The summed E-state index contributed by atoms with van der Waals surface area (Å²) in [6.07, 6.45) is 3.48. The highest BCUT2D eigenvalue weighted by molar-refractivity contribution is 7.14. The lowest BCUT2D eigenvalue weighted by molar-refractivity contribution is 0.103. The van der Waals surface area contributed by atoms with Gasteiger partial charge in [0.05, 0.1) is 4.88 Å². The Labute approximate surface area is 136 Å². The zero-order chi connectivity index (χ0) is 15.7. The van der Waals surface area contributed by atoms with Crippen LogP contribution in [0.5, 0.6) is 0 Å². The number of fused-ring (bicyclic) bond motifs is 1. The fourth-order valence-corrected chi connectivity index (χ4v) is 4.07. The standard InChI is InChI=1S/C19H23NOS/c1-12(2)14-5-7-16(8-6-14)20-19(21)18-11-15-10-13(3)4-9-17(15)22-18/h5-8,11-13H,4,9-10H2,1-3H3,(H,20,21)/t13-/m1/s1. The first-order valence-electron chi connectivity index (χ1n) is 8.06. The normalized spacial score (nSPS) is 17.4. The van der Waals surface area contributed by atoms with Gasteiger partial charge in [-0.05, 0) is 60.4 Å². The first-order chi connectivity index (χ1) is 10.5. The minimum Gasteiger partial charge on any atom is -0.321 e. The van der Waals surface area contributed by atoms with Crippen LogP contribution in [0.3, 0.4) is 0 Å². The van der Waals surface area contributed by atoms with Gasteiger partial charge in [0, 0.05) is 10.6 Å². The summed E-state index contributed by atoms with van der Waals surface area (Å²) in [7, 11) is 0. The maximum Gasteiger partial charge on any atom is 0.265 e. The minimum atomic E-state index is 0.0179. The Morgan fingerprint density at radius 3 is 2.68 bits per heavy atom. The van der Waals surface area contributed by atoms with E-state index in [1.54, 1.807) is 11.3 Å². The summed E-state index contributed by atoms with van der Waals surface area (Å²) < 4.78 is 0. The number of rotatable bonds is 3. The molecule has 3 heteroatoms. The molecule has 1 aliphatic carbocycles. The van der Waals surface area contributed by atoms with Gasteiger partial charge in [-0.1, -0.05) is 32.9 Å². The van der Waals surface area contributed by atoms with Crippen molar-refractivity contribution in [2.75, 3.05) is 5.32 Å². The number of nitrogens with one attached hydrogen (secondary N) is 1. The molecule has 116 valence electrons. The molecular weight excluding hydrogens is 290 g/mol. The maximum absolute atomic E-state index is 12.4. The average Bonchev–Trinajstić information content (AvgIpc) is 2.91. The van der Waals surface area contributed by atoms with Crippen LogP contribution >= 0.6 is 11.3 Å². The fraction of sp³-hybridized carbons (Fsp3) is 0.421. The molecular formula is C19H23NOS. The lowest BCUT2D eigenvalue weighted by atomic mass is 9.90. The van der Waals surface area contributed by atoms with E-state index in [0.29, 0.717) is 5.92 Å². The molecule has 1 atom stereocenters. The number of carbonyl (C=O) groups excluding carboxylic acids is 1. The Morgan fingerprint density at radius 1 is 1.27 bits per heavy atom. The van der Waals surface area contributed by atoms with Gasteiger partial charge < -0.3 is 5.32 Å². The van der Waals surface area contributed by atoms with Crippen LogP contribution in [0.4, 0.5) is 5.69 Å². The van der Waals surface area contributed by atoms with Gasteiger partial charge in [-0.3, -0.25) is 4.79 Å². The van der Waals surface area contributed by atoms with Crippen LogP contribution in [0.15, 0.2) is 30.3 Å². The molecule has 0 saturated carbocycles. The van der Waals surface area contributed by atoms with Crippen molar-refractivity contribution < 1.29 is 4.79 Å². The average molecular weight is 313 g/mol. The maximum atomic E-state index is 12.4. The Bertz CT molecular complexity index is 669. The van der Waals surface area contributed by atoms with Gasteiger partial charge >= 0.3 is 0 Å². The van der Waals surface area contributed by atoms with E-state index in [9.17, 15) is 4.79 Å². The highest BCUT2D eigenvalue weighted by atomic mass is 32.1. The molecule has 1 aliphatic rings. The lowest BCUT2D eigenvalue weighted by Crippen LogP contribution is -2.10. The quantitative estimate of drug-likeness (QED) is 0.824. The molecule has 0 saturated heterocycles. The summed E-state index contributed by atoms with van der Waals surface area (Å²) >= 11 is 1.66. The molecule has 1 aromatic carbocycles. The predicted molar refractivity (Wildman–Crippen MR) is 94.0 cm³/mol. The van der Waals surface area contributed by atoms with Crippen LogP contribution < -0.4 is 5.32 Å². The largest absolute Gasteiger partial charge is 0.321 e. The topological polar surface area (TPSA) is 29.1 Å². The summed E-state index contributed by atoms with van der Waals surface area (Å²) in [6, 6.07) is 10.2. The summed E-state index contributed by atoms with van der Waals surface area (Å²) in [5.74, 6) is 1.27. The second kappa shape index (κ2) is 6.25. The highest BCUT2D eigenvalue weighted by Gasteiger charge is 2.20. The molecule has 0 aliphatic heterocycles. The summed E-state index contributed by atoms with van der Waals surface area (Å²) in [5, 5.41) is 3.02. The Balaban J connectivity index is 1.72. The van der Waals surface area contributed by atoms with Crippen LogP contribution in [-0.4, -0.2) is 5.91 Å². The van der Waals surface area contributed by atoms with Crippen LogP contribution in [-0.2, 0) is 12.8 Å². The van der Waals surface area contributed by atoms with Crippen LogP contribution in [0, 0.1) is 5.92 Å². The number of hydrogen-bond acceptors (Lipinski definition) is 2. The van der Waals surface area contributed by atoms with Crippen molar-refractivity contribution in [3.05, 3.63) is 51.2 Å². The molecule has 22 heavy (non-hydrogen) atoms.